The number of rotatable bonds is 5. The first-order valence-corrected chi connectivity index (χ1v) is 12.1. The number of ether oxygens (including phenoxy) is 1. The maximum Gasteiger partial charge on any atom is 0.251 e. The van der Waals surface area contributed by atoms with Crippen LogP contribution in [0.25, 0.3) is 0 Å². The molecule has 4 saturated heterocycles. The third-order valence-electron chi connectivity index (χ3n) is 6.88. The minimum absolute atomic E-state index is 0.0423. The van der Waals surface area contributed by atoms with Crippen molar-refractivity contribution in [1.29, 1.82) is 0 Å². The number of morpholine rings is 1. The zero-order valence-electron chi connectivity index (χ0n) is 18.0. The van der Waals surface area contributed by atoms with Crippen LogP contribution >= 0.6 is 11.8 Å². The van der Waals surface area contributed by atoms with Gasteiger partial charge in [0.1, 0.15) is 5.82 Å². The van der Waals surface area contributed by atoms with Crippen molar-refractivity contribution >= 4 is 23.5 Å². The highest BCUT2D eigenvalue weighted by Crippen LogP contribution is 2.33. The molecule has 0 spiro atoms. The van der Waals surface area contributed by atoms with E-state index in [4.69, 9.17) is 4.74 Å². The van der Waals surface area contributed by atoms with Crippen molar-refractivity contribution in [3.8, 4) is 0 Å². The first kappa shape index (κ1) is 20.8. The van der Waals surface area contributed by atoms with E-state index in [0.717, 1.165) is 47.5 Å². The van der Waals surface area contributed by atoms with Gasteiger partial charge >= 0.3 is 0 Å². The molecule has 164 valence electrons. The normalized spacial score (nSPS) is 27.8. The van der Waals surface area contributed by atoms with Crippen molar-refractivity contribution in [2.45, 2.75) is 41.6 Å². The van der Waals surface area contributed by atoms with Gasteiger partial charge in [0.05, 0.1) is 13.2 Å². The lowest BCUT2D eigenvalue weighted by molar-refractivity contribution is 0.0217. The quantitative estimate of drug-likeness (QED) is 0.773. The topological polar surface area (TPSA) is 57.7 Å². The van der Waals surface area contributed by atoms with Crippen molar-refractivity contribution < 1.29 is 9.53 Å². The molecule has 1 amide bonds. The Kier molecular flexibility index (Phi) is 6.16. The summed E-state index contributed by atoms with van der Waals surface area (Å²) in [5.41, 5.74) is 0.733. The first-order valence-electron chi connectivity index (χ1n) is 11.3. The third kappa shape index (κ3) is 4.59. The molecule has 2 bridgehead atoms. The van der Waals surface area contributed by atoms with Gasteiger partial charge in [0.25, 0.3) is 5.91 Å². The summed E-state index contributed by atoms with van der Waals surface area (Å²) in [7, 11) is 0. The number of nitrogens with zero attached hydrogens (tertiary/aromatic N) is 3. The number of carbonyl (C=O) groups excluding carboxylic acids is 1. The lowest BCUT2D eigenvalue weighted by Gasteiger charge is -2.49. The van der Waals surface area contributed by atoms with Gasteiger partial charge in [-0.15, -0.1) is 0 Å². The van der Waals surface area contributed by atoms with E-state index in [9.17, 15) is 4.79 Å². The summed E-state index contributed by atoms with van der Waals surface area (Å²) in [6.45, 7) is 7.85. The Balaban J connectivity index is 1.22. The van der Waals surface area contributed by atoms with E-state index in [1.54, 1.807) is 11.8 Å². The highest BCUT2D eigenvalue weighted by Gasteiger charge is 2.40. The van der Waals surface area contributed by atoms with Crippen molar-refractivity contribution in [3.63, 3.8) is 0 Å². The fourth-order valence-electron chi connectivity index (χ4n) is 5.02. The van der Waals surface area contributed by atoms with E-state index in [1.165, 1.54) is 25.9 Å². The minimum Gasteiger partial charge on any atom is -0.378 e. The molecule has 0 unspecified atom stereocenters. The fourth-order valence-corrected chi connectivity index (χ4v) is 5.86. The molecule has 4 aliphatic heterocycles. The summed E-state index contributed by atoms with van der Waals surface area (Å²) in [6, 6.07) is 12.8. The largest absolute Gasteiger partial charge is 0.378 e. The van der Waals surface area contributed by atoms with Gasteiger partial charge in [-0.3, -0.25) is 9.69 Å². The van der Waals surface area contributed by atoms with Crippen molar-refractivity contribution in [2.24, 2.45) is 5.92 Å². The summed E-state index contributed by atoms with van der Waals surface area (Å²) >= 11 is 1.70. The van der Waals surface area contributed by atoms with Gasteiger partial charge in [0, 0.05) is 46.7 Å². The standard InChI is InChI=1S/C24H30N4O2S/c1-17-23(18-7-10-27(17)11-8-18)26-24(29)19-2-4-20(5-3-19)31-21-6-9-25-22(16-21)28-12-14-30-15-13-28/h2-6,9,16-18,23H,7-8,10-15H2,1H3,(H,26,29)/t17-,23-/m0/s1. The molecule has 2 aromatic rings. The van der Waals surface area contributed by atoms with Gasteiger partial charge in [-0.1, -0.05) is 11.8 Å². The molecular weight excluding hydrogens is 408 g/mol. The van der Waals surface area contributed by atoms with Gasteiger partial charge in [-0.2, -0.15) is 0 Å². The number of anilines is 1. The van der Waals surface area contributed by atoms with Crippen molar-refractivity contribution in [3.05, 3.63) is 48.2 Å². The monoisotopic (exact) mass is 438 g/mol. The van der Waals surface area contributed by atoms with Crippen LogP contribution in [0.4, 0.5) is 5.82 Å². The van der Waals surface area contributed by atoms with Crippen molar-refractivity contribution in [1.82, 2.24) is 15.2 Å². The number of fused-ring (bicyclic) bond motifs is 3. The highest BCUT2D eigenvalue weighted by molar-refractivity contribution is 7.99. The van der Waals surface area contributed by atoms with Crippen LogP contribution in [-0.4, -0.2) is 67.3 Å². The molecule has 31 heavy (non-hydrogen) atoms. The maximum absolute atomic E-state index is 12.9. The number of amides is 1. The van der Waals surface area contributed by atoms with Gasteiger partial charge in [-0.25, -0.2) is 4.98 Å². The second-order valence-electron chi connectivity index (χ2n) is 8.69. The first-order chi connectivity index (χ1) is 15.2. The zero-order chi connectivity index (χ0) is 21.2. The summed E-state index contributed by atoms with van der Waals surface area (Å²) in [5, 5.41) is 3.32. The lowest BCUT2D eigenvalue weighted by atomic mass is 9.79. The Bertz CT molecular complexity index is 906. The van der Waals surface area contributed by atoms with E-state index >= 15 is 0 Å². The predicted molar refractivity (Wildman–Crippen MR) is 123 cm³/mol. The molecule has 4 fully saturated rings. The lowest BCUT2D eigenvalue weighted by Crippen LogP contribution is -2.62. The molecule has 5 heterocycles. The SMILES string of the molecule is C[C@H]1[C@H](NC(=O)c2ccc(Sc3ccnc(N4CCOCC4)c3)cc2)C2CCN1CC2. The zero-order valence-corrected chi connectivity index (χ0v) is 18.8. The summed E-state index contributed by atoms with van der Waals surface area (Å²) < 4.78 is 5.44. The van der Waals surface area contributed by atoms with Crippen LogP contribution < -0.4 is 10.2 Å². The average Bonchev–Trinajstić information content (AvgIpc) is 2.83. The second kappa shape index (κ2) is 9.18. The van der Waals surface area contributed by atoms with Crippen LogP contribution in [0.3, 0.4) is 0 Å². The van der Waals surface area contributed by atoms with Gasteiger partial charge in [-0.05, 0) is 75.2 Å². The fraction of sp³-hybridized carbons (Fsp3) is 0.500. The molecule has 2 atom stereocenters. The Labute approximate surface area is 188 Å². The van der Waals surface area contributed by atoms with Crippen molar-refractivity contribution in [2.75, 3.05) is 44.3 Å². The number of benzene rings is 1. The number of pyridine rings is 1. The van der Waals surface area contributed by atoms with Crippen LogP contribution in [-0.2, 0) is 4.74 Å². The molecule has 7 heteroatoms. The molecule has 0 aliphatic carbocycles. The van der Waals surface area contributed by atoms with Gasteiger partial charge < -0.3 is 15.0 Å². The number of hydrogen-bond acceptors (Lipinski definition) is 6. The molecule has 1 N–H and O–H groups in total. The van der Waals surface area contributed by atoms with E-state index in [1.807, 2.05) is 36.5 Å². The average molecular weight is 439 g/mol. The van der Waals surface area contributed by atoms with Crippen LogP contribution in [0.1, 0.15) is 30.1 Å². The molecule has 6 nitrogen and oxygen atoms in total. The summed E-state index contributed by atoms with van der Waals surface area (Å²) in [4.78, 5) is 24.4. The number of carbonyl (C=O) groups is 1. The van der Waals surface area contributed by atoms with Crippen LogP contribution in [0.15, 0.2) is 52.4 Å². The Morgan fingerprint density at radius 3 is 2.52 bits per heavy atom. The van der Waals surface area contributed by atoms with E-state index in [2.05, 4.69) is 33.1 Å². The molecular formula is C24H30N4O2S. The molecule has 4 aliphatic rings. The molecule has 6 rings (SSSR count). The minimum atomic E-state index is 0.0423. The highest BCUT2D eigenvalue weighted by atomic mass is 32.2. The van der Waals surface area contributed by atoms with Crippen LogP contribution in [0.5, 0.6) is 0 Å². The third-order valence-corrected chi connectivity index (χ3v) is 7.88. The maximum atomic E-state index is 12.9. The van der Waals surface area contributed by atoms with E-state index < -0.39 is 0 Å². The smallest absolute Gasteiger partial charge is 0.251 e. The van der Waals surface area contributed by atoms with E-state index in [-0.39, 0.29) is 11.9 Å². The number of aromatic nitrogens is 1. The Hall–Kier alpha value is -2.09. The van der Waals surface area contributed by atoms with Gasteiger partial charge in [0.15, 0.2) is 0 Å². The predicted octanol–water partition coefficient (Wildman–Crippen LogP) is 3.28. The van der Waals surface area contributed by atoms with Crippen LogP contribution in [0, 0.1) is 5.92 Å². The number of hydrogen-bond donors (Lipinski definition) is 1. The molecule has 0 radical (unpaired) electrons. The second-order valence-corrected chi connectivity index (χ2v) is 9.84. The molecule has 0 saturated carbocycles. The van der Waals surface area contributed by atoms with Gasteiger partial charge in [0.2, 0.25) is 0 Å². The molecule has 1 aromatic heterocycles. The summed E-state index contributed by atoms with van der Waals surface area (Å²) in [5.74, 6) is 1.66. The Morgan fingerprint density at radius 1 is 1.06 bits per heavy atom. The van der Waals surface area contributed by atoms with Crippen LogP contribution in [0.2, 0.25) is 0 Å². The Morgan fingerprint density at radius 2 is 1.81 bits per heavy atom. The molecule has 1 aromatic carbocycles. The number of nitrogens with one attached hydrogen (secondary N) is 1. The number of piperidine rings is 3. The summed E-state index contributed by atoms with van der Waals surface area (Å²) in [6.07, 6.45) is 4.26. The van der Waals surface area contributed by atoms with E-state index in [0.29, 0.717) is 12.0 Å².